The third-order valence-corrected chi connectivity index (χ3v) is 4.62. The van der Waals surface area contributed by atoms with Crippen molar-refractivity contribution in [1.29, 1.82) is 0 Å². The van der Waals surface area contributed by atoms with Crippen LogP contribution in [-0.2, 0) is 9.59 Å². The van der Waals surface area contributed by atoms with Crippen molar-refractivity contribution >= 4 is 29.1 Å². The first-order valence-electron chi connectivity index (χ1n) is 8.28. The van der Waals surface area contributed by atoms with E-state index in [4.69, 9.17) is 16.3 Å². The second kappa shape index (κ2) is 7.40. The summed E-state index contributed by atoms with van der Waals surface area (Å²) in [6.07, 6.45) is 2.45. The van der Waals surface area contributed by atoms with Gasteiger partial charge in [0.1, 0.15) is 6.54 Å². The van der Waals surface area contributed by atoms with Gasteiger partial charge in [0.25, 0.3) is 5.91 Å². The van der Waals surface area contributed by atoms with Gasteiger partial charge in [-0.3, -0.25) is 14.5 Å². The van der Waals surface area contributed by atoms with Gasteiger partial charge in [-0.1, -0.05) is 17.7 Å². The molecule has 1 atom stereocenters. The maximum absolute atomic E-state index is 12.3. The van der Waals surface area contributed by atoms with E-state index in [9.17, 15) is 9.59 Å². The molecule has 6 nitrogen and oxygen atoms in total. The number of rotatable bonds is 5. The first-order valence-corrected chi connectivity index (χ1v) is 8.66. The summed E-state index contributed by atoms with van der Waals surface area (Å²) >= 11 is 6.10. The molecule has 130 valence electrons. The summed E-state index contributed by atoms with van der Waals surface area (Å²) in [5, 5.41) is 3.41. The lowest BCUT2D eigenvalue weighted by Gasteiger charge is -2.30. The number of carbonyl (C=O) groups is 2. The van der Waals surface area contributed by atoms with Crippen LogP contribution in [0.1, 0.15) is 19.8 Å². The molecule has 7 heteroatoms. The smallest absolute Gasteiger partial charge is 0.265 e. The fourth-order valence-electron chi connectivity index (χ4n) is 3.23. The molecule has 1 saturated heterocycles. The van der Waals surface area contributed by atoms with Gasteiger partial charge in [-0.05, 0) is 45.0 Å². The zero-order valence-corrected chi connectivity index (χ0v) is 14.5. The number of fused-ring (bicyclic) bond motifs is 1. The number of benzene rings is 1. The van der Waals surface area contributed by atoms with E-state index in [2.05, 4.69) is 10.2 Å². The Labute approximate surface area is 146 Å². The number of nitrogens with zero attached hydrogens (tertiary/aromatic N) is 2. The Kier molecular flexibility index (Phi) is 5.26. The average molecular weight is 352 g/mol. The number of hydrogen-bond acceptors (Lipinski definition) is 4. The summed E-state index contributed by atoms with van der Waals surface area (Å²) in [6, 6.07) is 5.22. The van der Waals surface area contributed by atoms with Crippen LogP contribution < -0.4 is 15.0 Å². The van der Waals surface area contributed by atoms with Crippen molar-refractivity contribution in [3.05, 3.63) is 23.2 Å². The van der Waals surface area contributed by atoms with Crippen LogP contribution >= 0.6 is 11.6 Å². The lowest BCUT2D eigenvalue weighted by atomic mass is 10.2. The molecule has 2 aliphatic heterocycles. The summed E-state index contributed by atoms with van der Waals surface area (Å²) in [5.74, 6) is 0.0340. The molecule has 1 fully saturated rings. The molecule has 0 spiro atoms. The Bertz CT molecular complexity index is 632. The zero-order valence-electron chi connectivity index (χ0n) is 13.8. The number of ether oxygens (including phenoxy) is 1. The highest BCUT2D eigenvalue weighted by Crippen LogP contribution is 2.37. The molecule has 0 saturated carbocycles. The van der Waals surface area contributed by atoms with Gasteiger partial charge >= 0.3 is 0 Å². The van der Waals surface area contributed by atoms with Gasteiger partial charge in [-0.2, -0.15) is 0 Å². The van der Waals surface area contributed by atoms with Crippen molar-refractivity contribution in [2.75, 3.05) is 37.7 Å². The zero-order chi connectivity index (χ0) is 17.1. The fourth-order valence-corrected chi connectivity index (χ4v) is 3.46. The van der Waals surface area contributed by atoms with E-state index in [0.717, 1.165) is 19.6 Å². The molecule has 1 aromatic carbocycles. The maximum Gasteiger partial charge on any atom is 0.265 e. The van der Waals surface area contributed by atoms with Crippen LogP contribution in [0.4, 0.5) is 5.69 Å². The first kappa shape index (κ1) is 17.0. The monoisotopic (exact) mass is 351 g/mol. The van der Waals surface area contributed by atoms with Crippen molar-refractivity contribution in [3.8, 4) is 5.75 Å². The summed E-state index contributed by atoms with van der Waals surface area (Å²) in [7, 11) is 0. The van der Waals surface area contributed by atoms with E-state index in [1.165, 1.54) is 17.7 Å². The quantitative estimate of drug-likeness (QED) is 0.876. The molecule has 24 heavy (non-hydrogen) atoms. The topological polar surface area (TPSA) is 61.9 Å². The van der Waals surface area contributed by atoms with Crippen LogP contribution in [-0.4, -0.2) is 55.5 Å². The standard InChI is InChI=1S/C17H22ClN3O3/c1-12(9-20-7-2-3-8-20)19-15(22)10-21-14-6-4-5-13(18)17(14)24-11-16(21)23/h4-6,12H,2-3,7-11H2,1H3,(H,19,22)/t12-/m1/s1. The summed E-state index contributed by atoms with van der Waals surface area (Å²) in [4.78, 5) is 28.3. The Morgan fingerprint density at radius 3 is 2.88 bits per heavy atom. The second-order valence-electron chi connectivity index (χ2n) is 6.33. The van der Waals surface area contributed by atoms with Gasteiger partial charge < -0.3 is 15.0 Å². The fraction of sp³-hybridized carbons (Fsp3) is 0.529. The SMILES string of the molecule is C[C@H](CN1CCCC1)NC(=O)CN1C(=O)COc2c(Cl)cccc21. The Balaban J connectivity index is 1.61. The largest absolute Gasteiger partial charge is 0.480 e. The molecule has 3 rings (SSSR count). The molecule has 0 aromatic heterocycles. The Morgan fingerprint density at radius 1 is 1.38 bits per heavy atom. The minimum absolute atomic E-state index is 0.0279. The number of amides is 2. The molecule has 0 unspecified atom stereocenters. The van der Waals surface area contributed by atoms with Gasteiger partial charge in [-0.15, -0.1) is 0 Å². The normalized spacial score (nSPS) is 18.9. The van der Waals surface area contributed by atoms with Crippen LogP contribution in [0.25, 0.3) is 0 Å². The number of hydrogen-bond donors (Lipinski definition) is 1. The van der Waals surface area contributed by atoms with Crippen molar-refractivity contribution in [1.82, 2.24) is 10.2 Å². The molecule has 2 heterocycles. The number of carbonyl (C=O) groups excluding carboxylic acids is 2. The second-order valence-corrected chi connectivity index (χ2v) is 6.74. The number of likely N-dealkylation sites (tertiary alicyclic amines) is 1. The Hall–Kier alpha value is -1.79. The third-order valence-electron chi connectivity index (χ3n) is 4.32. The predicted octanol–water partition coefficient (Wildman–Crippen LogP) is 1.67. The van der Waals surface area contributed by atoms with E-state index >= 15 is 0 Å². The minimum atomic E-state index is -0.243. The molecule has 0 bridgehead atoms. The average Bonchev–Trinajstić information content (AvgIpc) is 3.03. The van der Waals surface area contributed by atoms with Crippen molar-refractivity contribution in [2.45, 2.75) is 25.8 Å². The third kappa shape index (κ3) is 3.82. The van der Waals surface area contributed by atoms with Crippen LogP contribution in [0.3, 0.4) is 0 Å². The van der Waals surface area contributed by atoms with Crippen LogP contribution in [0.15, 0.2) is 18.2 Å². The summed E-state index contributed by atoms with van der Waals surface area (Å²) < 4.78 is 5.39. The molecule has 0 aliphatic carbocycles. The van der Waals surface area contributed by atoms with Gasteiger partial charge in [0.15, 0.2) is 12.4 Å². The molecule has 2 aliphatic rings. The predicted molar refractivity (Wildman–Crippen MR) is 92.6 cm³/mol. The lowest BCUT2D eigenvalue weighted by molar-refractivity contribution is -0.125. The number of nitrogens with one attached hydrogen (secondary N) is 1. The first-order chi connectivity index (χ1) is 11.5. The number of anilines is 1. The summed E-state index contributed by atoms with van der Waals surface area (Å²) in [6.45, 7) is 4.88. The van der Waals surface area contributed by atoms with E-state index in [-0.39, 0.29) is 31.0 Å². The van der Waals surface area contributed by atoms with Crippen LogP contribution in [0.2, 0.25) is 5.02 Å². The van der Waals surface area contributed by atoms with Gasteiger partial charge in [-0.25, -0.2) is 0 Å². The highest BCUT2D eigenvalue weighted by molar-refractivity contribution is 6.32. The highest BCUT2D eigenvalue weighted by Gasteiger charge is 2.29. The molecule has 2 amide bonds. The molecule has 0 radical (unpaired) electrons. The number of halogens is 1. The molecular weight excluding hydrogens is 330 g/mol. The van der Waals surface area contributed by atoms with E-state index < -0.39 is 0 Å². The van der Waals surface area contributed by atoms with E-state index in [1.54, 1.807) is 18.2 Å². The molecular formula is C17H22ClN3O3. The number of para-hydroxylation sites is 1. The van der Waals surface area contributed by atoms with E-state index in [1.807, 2.05) is 6.92 Å². The summed E-state index contributed by atoms with van der Waals surface area (Å²) in [5.41, 5.74) is 0.543. The van der Waals surface area contributed by atoms with E-state index in [0.29, 0.717) is 16.5 Å². The van der Waals surface area contributed by atoms with Crippen molar-refractivity contribution in [3.63, 3.8) is 0 Å². The van der Waals surface area contributed by atoms with Gasteiger partial charge in [0, 0.05) is 12.6 Å². The maximum atomic E-state index is 12.3. The lowest BCUT2D eigenvalue weighted by Crippen LogP contribution is -2.48. The van der Waals surface area contributed by atoms with Gasteiger partial charge in [0.2, 0.25) is 5.91 Å². The minimum Gasteiger partial charge on any atom is -0.480 e. The van der Waals surface area contributed by atoms with Crippen LogP contribution in [0.5, 0.6) is 5.75 Å². The molecule has 1 aromatic rings. The van der Waals surface area contributed by atoms with Crippen LogP contribution in [0, 0.1) is 0 Å². The molecule has 1 N–H and O–H groups in total. The van der Waals surface area contributed by atoms with Gasteiger partial charge in [0.05, 0.1) is 10.7 Å². The Morgan fingerprint density at radius 2 is 2.12 bits per heavy atom. The highest BCUT2D eigenvalue weighted by atomic mass is 35.5. The van der Waals surface area contributed by atoms with Crippen molar-refractivity contribution in [2.24, 2.45) is 0 Å². The van der Waals surface area contributed by atoms with Crippen molar-refractivity contribution < 1.29 is 14.3 Å².